The van der Waals surface area contributed by atoms with Gasteiger partial charge in [0.2, 0.25) is 0 Å². The van der Waals surface area contributed by atoms with Gasteiger partial charge in [-0.1, -0.05) is 13.2 Å². The number of rotatable bonds is 20. The molecule has 0 N–H and O–H groups in total. The Balaban J connectivity index is 6.97. The predicted molar refractivity (Wildman–Crippen MR) is 181 cm³/mol. The van der Waals surface area contributed by atoms with Crippen molar-refractivity contribution in [3.63, 3.8) is 0 Å². The van der Waals surface area contributed by atoms with Gasteiger partial charge in [-0.2, -0.15) is 0 Å². The molecule has 0 fully saturated rings. The second kappa shape index (κ2) is 16.0. The lowest BCUT2D eigenvalue weighted by molar-refractivity contribution is -0.143. The lowest BCUT2D eigenvalue weighted by atomic mass is 10.3. The standard InChI is InChI=1S/C26H58O9Si6/c1-17-25(27)29-23(3)19-21-40(31-36(5,6)7,32-37(8,9)10)35-41(33-38(11,12)13,34-39(14,15)16)22-20-24(4)30-26(28)18-2/h17-18,23-24H,1-2,19-22H2,3-16H3. The molecule has 0 spiro atoms. The van der Waals surface area contributed by atoms with E-state index in [0.29, 0.717) is 24.9 Å². The van der Waals surface area contributed by atoms with Crippen LogP contribution in [0.1, 0.15) is 26.7 Å². The first-order chi connectivity index (χ1) is 18.2. The summed E-state index contributed by atoms with van der Waals surface area (Å²) in [6, 6.07) is 0.875. The Morgan fingerprint density at radius 2 is 0.780 bits per heavy atom. The Labute approximate surface area is 256 Å². The van der Waals surface area contributed by atoms with E-state index in [4.69, 9.17) is 30.0 Å². The van der Waals surface area contributed by atoms with Gasteiger partial charge in [-0.15, -0.1) is 0 Å². The molecule has 0 bridgehead atoms. The van der Waals surface area contributed by atoms with Gasteiger partial charge in [0.25, 0.3) is 0 Å². The molecule has 2 atom stereocenters. The van der Waals surface area contributed by atoms with Gasteiger partial charge < -0.3 is 30.0 Å². The Hall–Kier alpha value is -0.479. The van der Waals surface area contributed by atoms with Crippen molar-refractivity contribution in [1.82, 2.24) is 0 Å². The molecule has 9 nitrogen and oxygen atoms in total. The summed E-state index contributed by atoms with van der Waals surface area (Å²) >= 11 is 0. The summed E-state index contributed by atoms with van der Waals surface area (Å²) < 4.78 is 46.2. The molecule has 0 saturated carbocycles. The Kier molecular flexibility index (Phi) is 15.8. The zero-order valence-electron chi connectivity index (χ0n) is 28.2. The van der Waals surface area contributed by atoms with Crippen molar-refractivity contribution >= 4 is 62.8 Å². The highest BCUT2D eigenvalue weighted by Crippen LogP contribution is 2.36. The van der Waals surface area contributed by atoms with Crippen LogP contribution >= 0.6 is 0 Å². The van der Waals surface area contributed by atoms with Crippen LogP contribution in [-0.4, -0.2) is 75.0 Å². The molecule has 0 aromatic heterocycles. The van der Waals surface area contributed by atoms with Gasteiger partial charge >= 0.3 is 29.5 Å². The fourth-order valence-corrected chi connectivity index (χ4v) is 27.9. The minimum absolute atomic E-state index is 0.392. The van der Waals surface area contributed by atoms with Gasteiger partial charge in [0.15, 0.2) is 33.3 Å². The van der Waals surface area contributed by atoms with E-state index >= 15 is 0 Å². The number of esters is 2. The van der Waals surface area contributed by atoms with Crippen molar-refractivity contribution in [3.8, 4) is 0 Å². The third-order valence-electron chi connectivity index (χ3n) is 4.84. The SMILES string of the molecule is C=CC(=O)OC(C)CC[Si](O[Si](C)(C)C)(O[Si](C)(C)C)O[Si](CCC(C)OC(=O)C=C)(O[Si](C)(C)C)O[Si](C)(C)C. The Bertz CT molecular complexity index is 771. The summed E-state index contributed by atoms with van der Waals surface area (Å²) in [7, 11) is -15.9. The van der Waals surface area contributed by atoms with Crippen molar-refractivity contribution in [1.29, 1.82) is 0 Å². The van der Waals surface area contributed by atoms with Gasteiger partial charge in [0, 0.05) is 24.2 Å². The number of carbonyl (C=O) groups excluding carboxylic acids is 2. The first-order valence-electron chi connectivity index (χ1n) is 14.4. The predicted octanol–water partition coefficient (Wildman–Crippen LogP) is 7.30. The van der Waals surface area contributed by atoms with Gasteiger partial charge in [-0.3, -0.25) is 0 Å². The van der Waals surface area contributed by atoms with Crippen LogP contribution in [0.15, 0.2) is 25.3 Å². The third-order valence-corrected chi connectivity index (χ3v) is 23.9. The molecule has 0 heterocycles. The average Bonchev–Trinajstić information content (AvgIpc) is 2.71. The van der Waals surface area contributed by atoms with E-state index in [9.17, 15) is 9.59 Å². The molecule has 0 aliphatic carbocycles. The molecule has 0 aromatic rings. The Morgan fingerprint density at radius 1 is 0.537 bits per heavy atom. The smallest absolute Gasteiger partial charge is 0.460 e. The minimum atomic E-state index is -3.50. The molecule has 2 unspecified atom stereocenters. The average molecular weight is 683 g/mol. The molecule has 240 valence electrons. The molecule has 0 aliphatic heterocycles. The van der Waals surface area contributed by atoms with Crippen molar-refractivity contribution in [3.05, 3.63) is 25.3 Å². The molecule has 0 radical (unpaired) electrons. The van der Waals surface area contributed by atoms with Crippen molar-refractivity contribution < 1.29 is 39.6 Å². The maximum Gasteiger partial charge on any atom is 0.472 e. The van der Waals surface area contributed by atoms with E-state index in [-0.39, 0.29) is 0 Å². The summed E-state index contributed by atoms with van der Waals surface area (Å²) in [5, 5.41) is 0. The molecule has 0 aliphatic rings. The summed E-state index contributed by atoms with van der Waals surface area (Å²) in [5.74, 6) is -0.947. The summed E-state index contributed by atoms with van der Waals surface area (Å²) in [6.07, 6.45) is 2.51. The van der Waals surface area contributed by atoms with Crippen LogP contribution in [0.2, 0.25) is 90.7 Å². The summed E-state index contributed by atoms with van der Waals surface area (Å²) in [5.41, 5.74) is 0. The fourth-order valence-electron chi connectivity index (χ4n) is 3.90. The highest BCUT2D eigenvalue weighted by atomic mass is 28.5. The molecule has 0 rings (SSSR count). The van der Waals surface area contributed by atoms with E-state index < -0.39 is 75.0 Å². The van der Waals surface area contributed by atoms with Crippen LogP contribution < -0.4 is 0 Å². The maximum absolute atomic E-state index is 11.9. The maximum atomic E-state index is 11.9. The zero-order chi connectivity index (χ0) is 32.5. The highest BCUT2D eigenvalue weighted by molar-refractivity contribution is 6.92. The summed E-state index contributed by atoms with van der Waals surface area (Å²) in [4.78, 5) is 23.8. The molecule has 15 heteroatoms. The molecule has 0 saturated heterocycles. The quantitative estimate of drug-likeness (QED) is 0.0744. The molecule has 0 amide bonds. The second-order valence-electron chi connectivity index (χ2n) is 14.3. The van der Waals surface area contributed by atoms with Gasteiger partial charge in [-0.25, -0.2) is 9.59 Å². The number of carbonyl (C=O) groups is 2. The van der Waals surface area contributed by atoms with Crippen LogP contribution in [0.25, 0.3) is 0 Å². The second-order valence-corrected chi connectivity index (χ2v) is 39.0. The number of ether oxygens (including phenoxy) is 2. The zero-order valence-corrected chi connectivity index (χ0v) is 34.2. The minimum Gasteiger partial charge on any atom is -0.460 e. The van der Waals surface area contributed by atoms with Crippen LogP contribution in [0, 0.1) is 0 Å². The van der Waals surface area contributed by atoms with E-state index in [2.05, 4.69) is 91.7 Å². The van der Waals surface area contributed by atoms with Gasteiger partial charge in [0.05, 0.1) is 12.2 Å². The van der Waals surface area contributed by atoms with Gasteiger partial charge in [-0.05, 0) is 105 Å². The number of hydrogen-bond donors (Lipinski definition) is 0. The lowest BCUT2D eigenvalue weighted by Crippen LogP contribution is -2.67. The number of hydrogen-bond acceptors (Lipinski definition) is 9. The third kappa shape index (κ3) is 19.4. The first-order valence-corrected chi connectivity index (χ1v) is 31.9. The topological polar surface area (TPSA) is 98.8 Å². The normalized spacial score (nSPS) is 15.2. The van der Waals surface area contributed by atoms with Crippen molar-refractivity contribution in [2.45, 2.75) is 130 Å². The monoisotopic (exact) mass is 682 g/mol. The highest BCUT2D eigenvalue weighted by Gasteiger charge is 2.58. The van der Waals surface area contributed by atoms with E-state index in [1.54, 1.807) is 0 Å². The van der Waals surface area contributed by atoms with E-state index in [1.165, 1.54) is 0 Å². The largest absolute Gasteiger partial charge is 0.472 e. The molecule has 0 aromatic carbocycles. The van der Waals surface area contributed by atoms with Crippen LogP contribution in [-0.2, 0) is 39.6 Å². The van der Waals surface area contributed by atoms with Crippen molar-refractivity contribution in [2.75, 3.05) is 0 Å². The summed E-state index contributed by atoms with van der Waals surface area (Å²) in [6.45, 7) is 36.1. The molecule has 41 heavy (non-hydrogen) atoms. The molecular formula is C26H58O9Si6. The van der Waals surface area contributed by atoms with Crippen LogP contribution in [0.3, 0.4) is 0 Å². The van der Waals surface area contributed by atoms with E-state index in [0.717, 1.165) is 12.2 Å². The van der Waals surface area contributed by atoms with Crippen LogP contribution in [0.5, 0.6) is 0 Å². The van der Waals surface area contributed by atoms with Crippen LogP contribution in [0.4, 0.5) is 0 Å². The molecular weight excluding hydrogens is 625 g/mol. The first kappa shape index (κ1) is 40.5. The van der Waals surface area contributed by atoms with Gasteiger partial charge in [0.1, 0.15) is 0 Å². The van der Waals surface area contributed by atoms with Crippen molar-refractivity contribution in [2.24, 2.45) is 0 Å². The lowest BCUT2D eigenvalue weighted by Gasteiger charge is -2.47. The fraction of sp³-hybridized carbons (Fsp3) is 0.769. The van der Waals surface area contributed by atoms with E-state index in [1.807, 2.05) is 13.8 Å². The Morgan fingerprint density at radius 3 is 0.976 bits per heavy atom.